The number of hydrogen-bond donors (Lipinski definition) is 2. The minimum atomic E-state index is -0.501. The maximum Gasteiger partial charge on any atom is 0.320 e. The molecule has 182 valence electrons. The molecule has 1 aromatic carbocycles. The van der Waals surface area contributed by atoms with Gasteiger partial charge in [-0.2, -0.15) is 0 Å². The Morgan fingerprint density at radius 2 is 1.83 bits per heavy atom. The van der Waals surface area contributed by atoms with E-state index < -0.39 is 11.8 Å². The molecule has 4 heterocycles. The fourth-order valence-corrected chi connectivity index (χ4v) is 3.79. The van der Waals surface area contributed by atoms with Crippen LogP contribution in [0.5, 0.6) is 0 Å². The molecule has 0 fully saturated rings. The van der Waals surface area contributed by atoms with Crippen molar-refractivity contribution in [2.75, 3.05) is 5.32 Å². The molecule has 8 nitrogen and oxygen atoms in total. The highest BCUT2D eigenvalue weighted by Gasteiger charge is 2.20. The number of benzene rings is 1. The van der Waals surface area contributed by atoms with Crippen molar-refractivity contribution in [1.82, 2.24) is 24.8 Å². The summed E-state index contributed by atoms with van der Waals surface area (Å²) in [7, 11) is 0. The number of carbonyl (C=O) groups is 1. The van der Waals surface area contributed by atoms with Crippen LogP contribution < -0.4 is 10.6 Å². The van der Waals surface area contributed by atoms with Gasteiger partial charge in [0.25, 0.3) is 0 Å². The fraction of sp³-hybridized carbons (Fsp3) is 0.185. The number of nitrogens with zero attached hydrogens (tertiary/aromatic N) is 4. The lowest BCUT2D eigenvalue weighted by atomic mass is 9.93. The second-order valence-electron chi connectivity index (χ2n) is 9.46. The van der Waals surface area contributed by atoms with Gasteiger partial charge < -0.3 is 9.84 Å². The summed E-state index contributed by atoms with van der Waals surface area (Å²) in [6.45, 7) is 5.97. The number of halogens is 1. The fourth-order valence-electron chi connectivity index (χ4n) is 3.79. The van der Waals surface area contributed by atoms with Crippen LogP contribution in [-0.2, 0) is 12.0 Å². The number of pyridine rings is 2. The Morgan fingerprint density at radius 1 is 1.03 bits per heavy atom. The zero-order valence-electron chi connectivity index (χ0n) is 20.1. The van der Waals surface area contributed by atoms with E-state index in [0.29, 0.717) is 22.7 Å². The number of hydrogen-bond acceptors (Lipinski definition) is 5. The number of nitrogens with one attached hydrogen (secondary N) is 2. The smallest absolute Gasteiger partial charge is 0.320 e. The van der Waals surface area contributed by atoms with Gasteiger partial charge in [0.15, 0.2) is 5.82 Å². The Labute approximate surface area is 207 Å². The van der Waals surface area contributed by atoms with Crippen molar-refractivity contribution in [3.8, 4) is 22.4 Å². The maximum absolute atomic E-state index is 14.9. The van der Waals surface area contributed by atoms with Crippen molar-refractivity contribution in [2.24, 2.45) is 0 Å². The summed E-state index contributed by atoms with van der Waals surface area (Å²) in [5.74, 6) is 0.529. The van der Waals surface area contributed by atoms with Gasteiger partial charge in [0.2, 0.25) is 0 Å². The third-order valence-electron chi connectivity index (χ3n) is 5.81. The molecule has 5 aromatic rings. The SMILES string of the molecule is CC(C)(C)c1cc(NC(=O)NCc2ccc(-c3cnc4cc(-c5ccncc5)ccn34)cc2F)no1. The van der Waals surface area contributed by atoms with Crippen molar-refractivity contribution in [3.63, 3.8) is 0 Å². The molecule has 0 radical (unpaired) electrons. The van der Waals surface area contributed by atoms with Crippen molar-refractivity contribution in [1.29, 1.82) is 0 Å². The van der Waals surface area contributed by atoms with Gasteiger partial charge in [-0.1, -0.05) is 38.1 Å². The third-order valence-corrected chi connectivity index (χ3v) is 5.81. The predicted octanol–water partition coefficient (Wildman–Crippen LogP) is 5.81. The van der Waals surface area contributed by atoms with Gasteiger partial charge in [-0.05, 0) is 41.5 Å². The highest BCUT2D eigenvalue weighted by Crippen LogP contribution is 2.27. The molecule has 2 N–H and O–H groups in total. The molecular weight excluding hydrogens is 459 g/mol. The minimum Gasteiger partial charge on any atom is -0.359 e. The van der Waals surface area contributed by atoms with Crippen LogP contribution in [0.4, 0.5) is 15.0 Å². The average Bonchev–Trinajstić information content (AvgIpc) is 3.50. The van der Waals surface area contributed by atoms with Gasteiger partial charge >= 0.3 is 6.03 Å². The van der Waals surface area contributed by atoms with E-state index in [1.54, 1.807) is 30.7 Å². The number of urea groups is 1. The summed E-state index contributed by atoms with van der Waals surface area (Å²) < 4.78 is 22.1. The molecule has 36 heavy (non-hydrogen) atoms. The van der Waals surface area contributed by atoms with E-state index in [4.69, 9.17) is 4.52 Å². The minimum absolute atomic E-state index is 0.0182. The Morgan fingerprint density at radius 3 is 2.56 bits per heavy atom. The molecule has 4 aromatic heterocycles. The van der Waals surface area contributed by atoms with Crippen LogP contribution in [0.15, 0.2) is 77.8 Å². The van der Waals surface area contributed by atoms with E-state index in [9.17, 15) is 9.18 Å². The molecule has 9 heteroatoms. The van der Waals surface area contributed by atoms with Gasteiger partial charge in [-0.25, -0.2) is 14.2 Å². The van der Waals surface area contributed by atoms with Gasteiger partial charge in [0, 0.05) is 47.7 Å². The van der Waals surface area contributed by atoms with Crippen molar-refractivity contribution >= 4 is 17.5 Å². The standard InChI is InChI=1S/C27H25FN6O2/c1-27(2,3)23-14-24(33-36-23)32-26(35)31-15-20-5-4-19(12-21(20)28)22-16-30-25-13-18(8-11-34(22)25)17-6-9-29-10-7-17/h4-14,16H,15H2,1-3H3,(H2,31,32,33,35). The van der Waals surface area contributed by atoms with Crippen LogP contribution in [0.25, 0.3) is 28.0 Å². The second-order valence-corrected chi connectivity index (χ2v) is 9.46. The summed E-state index contributed by atoms with van der Waals surface area (Å²) in [4.78, 5) is 20.8. The molecule has 0 saturated heterocycles. The number of aromatic nitrogens is 4. The van der Waals surface area contributed by atoms with Gasteiger partial charge in [0.1, 0.15) is 17.2 Å². The molecule has 0 saturated carbocycles. The Bertz CT molecular complexity index is 1540. The normalized spacial score (nSPS) is 11.6. The van der Waals surface area contributed by atoms with E-state index in [2.05, 4.69) is 25.8 Å². The summed E-state index contributed by atoms with van der Waals surface area (Å²) in [5.41, 5.74) is 4.40. The summed E-state index contributed by atoms with van der Waals surface area (Å²) >= 11 is 0. The van der Waals surface area contributed by atoms with Crippen LogP contribution >= 0.6 is 0 Å². The zero-order valence-corrected chi connectivity index (χ0v) is 20.1. The number of rotatable bonds is 5. The van der Waals surface area contributed by atoms with E-state index in [0.717, 1.165) is 22.5 Å². The highest BCUT2D eigenvalue weighted by atomic mass is 19.1. The number of imidazole rings is 1. The zero-order chi connectivity index (χ0) is 25.3. The summed E-state index contributed by atoms with van der Waals surface area (Å²) in [5, 5.41) is 9.10. The third kappa shape index (κ3) is 4.81. The van der Waals surface area contributed by atoms with Crippen LogP contribution in [0.2, 0.25) is 0 Å². The Hall–Kier alpha value is -4.53. The number of fused-ring (bicyclic) bond motifs is 1. The van der Waals surface area contributed by atoms with Crippen LogP contribution in [-0.4, -0.2) is 25.6 Å². The summed E-state index contributed by atoms with van der Waals surface area (Å²) in [6.07, 6.45) is 7.13. The molecule has 0 aliphatic rings. The molecule has 0 spiro atoms. The largest absolute Gasteiger partial charge is 0.359 e. The predicted molar refractivity (Wildman–Crippen MR) is 135 cm³/mol. The molecule has 5 rings (SSSR count). The summed E-state index contributed by atoms with van der Waals surface area (Å²) in [6, 6.07) is 13.9. The molecule has 0 aliphatic heterocycles. The highest BCUT2D eigenvalue weighted by molar-refractivity contribution is 5.88. The Balaban J connectivity index is 1.27. The lowest BCUT2D eigenvalue weighted by Crippen LogP contribution is -2.28. The monoisotopic (exact) mass is 484 g/mol. The first-order valence-corrected chi connectivity index (χ1v) is 11.5. The molecule has 0 aliphatic carbocycles. The molecular formula is C27H25FN6O2. The maximum atomic E-state index is 14.9. The van der Waals surface area contributed by atoms with Gasteiger partial charge in [0.05, 0.1) is 11.9 Å². The lowest BCUT2D eigenvalue weighted by Gasteiger charge is -2.12. The first kappa shape index (κ1) is 23.2. The van der Waals surface area contributed by atoms with Crippen molar-refractivity contribution in [3.05, 3.63) is 90.5 Å². The number of carbonyl (C=O) groups excluding carboxylic acids is 1. The van der Waals surface area contributed by atoms with E-state index in [1.165, 1.54) is 6.07 Å². The van der Waals surface area contributed by atoms with Gasteiger partial charge in [-0.15, -0.1) is 0 Å². The average molecular weight is 485 g/mol. The van der Waals surface area contributed by atoms with E-state index >= 15 is 0 Å². The molecule has 0 bridgehead atoms. The van der Waals surface area contributed by atoms with Crippen LogP contribution in [0.3, 0.4) is 0 Å². The van der Waals surface area contributed by atoms with Crippen molar-refractivity contribution < 1.29 is 13.7 Å². The molecule has 0 unspecified atom stereocenters. The first-order chi connectivity index (χ1) is 17.3. The van der Waals surface area contributed by atoms with Gasteiger partial charge in [-0.3, -0.25) is 14.7 Å². The first-order valence-electron chi connectivity index (χ1n) is 11.5. The molecule has 0 atom stereocenters. The van der Waals surface area contributed by atoms with E-state index in [1.807, 2.05) is 61.7 Å². The van der Waals surface area contributed by atoms with E-state index in [-0.39, 0.29) is 12.0 Å². The Kier molecular flexibility index (Phi) is 5.97. The number of amides is 2. The lowest BCUT2D eigenvalue weighted by molar-refractivity contribution is 0.251. The number of anilines is 1. The molecule has 2 amide bonds. The second kappa shape index (κ2) is 9.26. The van der Waals surface area contributed by atoms with Crippen molar-refractivity contribution in [2.45, 2.75) is 32.7 Å². The topological polar surface area (TPSA) is 97.3 Å². The quantitative estimate of drug-likeness (QED) is 0.328. The van der Waals surface area contributed by atoms with Crippen LogP contribution in [0.1, 0.15) is 32.1 Å². The van der Waals surface area contributed by atoms with Crippen LogP contribution in [0, 0.1) is 5.82 Å².